The van der Waals surface area contributed by atoms with Gasteiger partial charge in [-0.05, 0) is 32.4 Å². The Hall–Kier alpha value is -0.300. The van der Waals surface area contributed by atoms with Crippen molar-refractivity contribution in [2.24, 2.45) is 5.92 Å². The highest BCUT2D eigenvalue weighted by Gasteiger charge is 1.95. The second kappa shape index (κ2) is 5.83. The monoisotopic (exact) mass is 127 g/mol. The normalized spacial score (nSPS) is 13.1. The Morgan fingerprint density at radius 1 is 1.67 bits per heavy atom. The second-order valence-electron chi connectivity index (χ2n) is 2.52. The highest BCUT2D eigenvalue weighted by Crippen LogP contribution is 2.05. The number of hydrogen-bond acceptors (Lipinski definition) is 1. The Balaban J connectivity index is 3.04. The van der Waals surface area contributed by atoms with E-state index in [1.165, 1.54) is 6.42 Å². The van der Waals surface area contributed by atoms with Gasteiger partial charge in [-0.1, -0.05) is 13.0 Å². The van der Waals surface area contributed by atoms with Crippen molar-refractivity contribution in [3.63, 3.8) is 0 Å². The molecule has 1 atom stereocenters. The van der Waals surface area contributed by atoms with Crippen molar-refractivity contribution in [2.45, 2.75) is 19.8 Å². The summed E-state index contributed by atoms with van der Waals surface area (Å²) in [5.74, 6) is 0.787. The third-order valence-electron chi connectivity index (χ3n) is 1.46. The Morgan fingerprint density at radius 3 is 2.78 bits per heavy atom. The van der Waals surface area contributed by atoms with Crippen LogP contribution in [0.15, 0.2) is 12.7 Å². The van der Waals surface area contributed by atoms with E-state index in [1.807, 2.05) is 13.1 Å². The third kappa shape index (κ3) is 5.57. The first-order valence-corrected chi connectivity index (χ1v) is 3.56. The molecule has 0 fully saturated rings. The van der Waals surface area contributed by atoms with E-state index in [0.717, 1.165) is 18.9 Å². The first kappa shape index (κ1) is 8.70. The molecule has 0 aliphatic rings. The lowest BCUT2D eigenvalue weighted by Crippen LogP contribution is -2.10. The highest BCUT2D eigenvalue weighted by molar-refractivity contribution is 4.70. The molecule has 0 aliphatic carbocycles. The van der Waals surface area contributed by atoms with Crippen LogP contribution in [0.25, 0.3) is 0 Å². The van der Waals surface area contributed by atoms with Crippen LogP contribution in [0.5, 0.6) is 0 Å². The molecule has 0 aromatic rings. The molecule has 1 N–H and O–H groups in total. The average molecular weight is 127 g/mol. The van der Waals surface area contributed by atoms with Gasteiger partial charge in [0.1, 0.15) is 0 Å². The summed E-state index contributed by atoms with van der Waals surface area (Å²) < 4.78 is 0. The van der Waals surface area contributed by atoms with Gasteiger partial charge in [-0.3, -0.25) is 0 Å². The van der Waals surface area contributed by atoms with E-state index in [4.69, 9.17) is 0 Å². The van der Waals surface area contributed by atoms with E-state index in [0.29, 0.717) is 0 Å². The van der Waals surface area contributed by atoms with Gasteiger partial charge in [-0.25, -0.2) is 0 Å². The summed E-state index contributed by atoms with van der Waals surface area (Å²) >= 11 is 0. The molecule has 0 radical (unpaired) electrons. The van der Waals surface area contributed by atoms with Crippen LogP contribution in [0.2, 0.25) is 0 Å². The van der Waals surface area contributed by atoms with Crippen molar-refractivity contribution in [1.82, 2.24) is 5.32 Å². The summed E-state index contributed by atoms with van der Waals surface area (Å²) in [6.07, 6.45) is 4.38. The SMILES string of the molecule is C=CCC(C)CCNC. The molecule has 0 heterocycles. The van der Waals surface area contributed by atoms with Crippen LogP contribution in [0.4, 0.5) is 0 Å². The molecule has 9 heavy (non-hydrogen) atoms. The zero-order chi connectivity index (χ0) is 7.11. The van der Waals surface area contributed by atoms with Gasteiger partial charge in [0.2, 0.25) is 0 Å². The van der Waals surface area contributed by atoms with Crippen molar-refractivity contribution in [1.29, 1.82) is 0 Å². The lowest BCUT2D eigenvalue weighted by Gasteiger charge is -2.06. The smallest absolute Gasteiger partial charge is 0.00493 e. The molecule has 0 saturated heterocycles. The van der Waals surface area contributed by atoms with E-state index in [-0.39, 0.29) is 0 Å². The molecule has 54 valence electrons. The number of allylic oxidation sites excluding steroid dienone is 1. The minimum absolute atomic E-state index is 0.787. The number of nitrogens with one attached hydrogen (secondary N) is 1. The van der Waals surface area contributed by atoms with Gasteiger partial charge in [-0.2, -0.15) is 0 Å². The molecular weight excluding hydrogens is 110 g/mol. The van der Waals surface area contributed by atoms with Crippen LogP contribution < -0.4 is 5.32 Å². The van der Waals surface area contributed by atoms with Gasteiger partial charge in [-0.15, -0.1) is 6.58 Å². The Labute approximate surface area is 58.2 Å². The van der Waals surface area contributed by atoms with Gasteiger partial charge >= 0.3 is 0 Å². The first-order valence-electron chi connectivity index (χ1n) is 3.56. The fourth-order valence-corrected chi connectivity index (χ4v) is 0.793. The van der Waals surface area contributed by atoms with Crippen LogP contribution >= 0.6 is 0 Å². The van der Waals surface area contributed by atoms with Gasteiger partial charge < -0.3 is 5.32 Å². The van der Waals surface area contributed by atoms with E-state index >= 15 is 0 Å². The summed E-state index contributed by atoms with van der Waals surface area (Å²) in [6.45, 7) is 7.06. The van der Waals surface area contributed by atoms with Gasteiger partial charge in [0.05, 0.1) is 0 Å². The molecule has 0 aromatic heterocycles. The Morgan fingerprint density at radius 2 is 2.33 bits per heavy atom. The Kier molecular flexibility index (Phi) is 5.64. The van der Waals surface area contributed by atoms with Gasteiger partial charge in [0, 0.05) is 0 Å². The van der Waals surface area contributed by atoms with E-state index < -0.39 is 0 Å². The van der Waals surface area contributed by atoms with Crippen LogP contribution in [0.3, 0.4) is 0 Å². The fraction of sp³-hybridized carbons (Fsp3) is 0.750. The molecule has 1 nitrogen and oxygen atoms in total. The number of rotatable bonds is 5. The predicted molar refractivity (Wildman–Crippen MR) is 42.5 cm³/mol. The van der Waals surface area contributed by atoms with Crippen molar-refractivity contribution < 1.29 is 0 Å². The van der Waals surface area contributed by atoms with E-state index in [9.17, 15) is 0 Å². The molecule has 0 bridgehead atoms. The Bertz CT molecular complexity index is 69.0. The molecule has 0 aromatic carbocycles. The zero-order valence-corrected chi connectivity index (χ0v) is 6.48. The lowest BCUT2D eigenvalue weighted by atomic mass is 10.0. The first-order chi connectivity index (χ1) is 4.31. The van der Waals surface area contributed by atoms with Crippen molar-refractivity contribution in [3.8, 4) is 0 Å². The predicted octanol–water partition coefficient (Wildman–Crippen LogP) is 1.81. The van der Waals surface area contributed by atoms with Crippen LogP contribution in [-0.2, 0) is 0 Å². The maximum atomic E-state index is 3.69. The quantitative estimate of drug-likeness (QED) is 0.555. The third-order valence-corrected chi connectivity index (χ3v) is 1.46. The topological polar surface area (TPSA) is 12.0 Å². The molecule has 0 saturated carbocycles. The zero-order valence-electron chi connectivity index (χ0n) is 6.48. The minimum atomic E-state index is 0.787. The minimum Gasteiger partial charge on any atom is -0.320 e. The highest BCUT2D eigenvalue weighted by atomic mass is 14.8. The molecule has 0 rings (SSSR count). The molecule has 1 unspecified atom stereocenters. The second-order valence-corrected chi connectivity index (χ2v) is 2.52. The largest absolute Gasteiger partial charge is 0.320 e. The maximum Gasteiger partial charge on any atom is -0.00493 e. The van der Waals surface area contributed by atoms with E-state index in [1.54, 1.807) is 0 Å². The molecular formula is C8H17N. The fourth-order valence-electron chi connectivity index (χ4n) is 0.793. The van der Waals surface area contributed by atoms with Crippen molar-refractivity contribution in [2.75, 3.05) is 13.6 Å². The average Bonchev–Trinajstić information content (AvgIpc) is 1.85. The summed E-state index contributed by atoms with van der Waals surface area (Å²) in [6, 6.07) is 0. The summed E-state index contributed by atoms with van der Waals surface area (Å²) in [4.78, 5) is 0. The summed E-state index contributed by atoms with van der Waals surface area (Å²) in [7, 11) is 1.99. The lowest BCUT2D eigenvalue weighted by molar-refractivity contribution is 0.524. The molecule has 1 heteroatoms. The van der Waals surface area contributed by atoms with Gasteiger partial charge in [0.25, 0.3) is 0 Å². The van der Waals surface area contributed by atoms with Crippen LogP contribution in [-0.4, -0.2) is 13.6 Å². The van der Waals surface area contributed by atoms with Gasteiger partial charge in [0.15, 0.2) is 0 Å². The molecule has 0 spiro atoms. The van der Waals surface area contributed by atoms with Crippen LogP contribution in [0.1, 0.15) is 19.8 Å². The summed E-state index contributed by atoms with van der Waals surface area (Å²) in [5, 5.41) is 3.12. The van der Waals surface area contributed by atoms with Crippen molar-refractivity contribution in [3.05, 3.63) is 12.7 Å². The van der Waals surface area contributed by atoms with E-state index in [2.05, 4.69) is 18.8 Å². The molecule has 0 amide bonds. The standard InChI is InChI=1S/C8H17N/c1-4-5-8(2)6-7-9-3/h4,8-9H,1,5-7H2,2-3H3. The molecule has 0 aliphatic heterocycles. The van der Waals surface area contributed by atoms with Crippen LogP contribution in [0, 0.1) is 5.92 Å². The maximum absolute atomic E-state index is 3.69. The summed E-state index contributed by atoms with van der Waals surface area (Å²) in [5.41, 5.74) is 0. The van der Waals surface area contributed by atoms with Crippen molar-refractivity contribution >= 4 is 0 Å². The number of hydrogen-bond donors (Lipinski definition) is 1.